The van der Waals surface area contributed by atoms with Crippen molar-refractivity contribution in [3.05, 3.63) is 59.9 Å². The van der Waals surface area contributed by atoms with E-state index in [0.717, 1.165) is 11.8 Å². The van der Waals surface area contributed by atoms with E-state index < -0.39 is 6.10 Å². The Balaban J connectivity index is 2.07. The molecule has 94 valence electrons. The SMILES string of the molecule is N=CC1=Nc2cc(F)ccc2OC1c1ccccc1. The highest BCUT2D eigenvalue weighted by Gasteiger charge is 2.24. The number of ether oxygens (including phenoxy) is 1. The average molecular weight is 254 g/mol. The second-order valence-corrected chi connectivity index (χ2v) is 4.20. The van der Waals surface area contributed by atoms with Gasteiger partial charge in [0, 0.05) is 12.3 Å². The van der Waals surface area contributed by atoms with Crippen molar-refractivity contribution in [2.75, 3.05) is 0 Å². The first-order valence-corrected chi connectivity index (χ1v) is 5.88. The second-order valence-electron chi connectivity index (χ2n) is 4.20. The predicted molar refractivity (Wildman–Crippen MR) is 72.1 cm³/mol. The van der Waals surface area contributed by atoms with Crippen molar-refractivity contribution in [3.63, 3.8) is 0 Å². The van der Waals surface area contributed by atoms with Crippen LogP contribution in [0.2, 0.25) is 0 Å². The van der Waals surface area contributed by atoms with Gasteiger partial charge in [0.05, 0.1) is 0 Å². The Bertz CT molecular complexity index is 652. The number of rotatable bonds is 2. The number of hydrogen-bond acceptors (Lipinski definition) is 3. The molecular weight excluding hydrogens is 243 g/mol. The van der Waals surface area contributed by atoms with Crippen LogP contribution in [0.1, 0.15) is 11.7 Å². The van der Waals surface area contributed by atoms with E-state index in [1.807, 2.05) is 30.3 Å². The maximum atomic E-state index is 13.2. The molecule has 4 heteroatoms. The Morgan fingerprint density at radius 1 is 1.16 bits per heavy atom. The monoisotopic (exact) mass is 254 g/mol. The smallest absolute Gasteiger partial charge is 0.167 e. The zero-order valence-electron chi connectivity index (χ0n) is 10.0. The van der Waals surface area contributed by atoms with Crippen LogP contribution in [0.3, 0.4) is 0 Å². The minimum Gasteiger partial charge on any atom is -0.477 e. The number of nitrogens with one attached hydrogen (secondary N) is 1. The zero-order valence-corrected chi connectivity index (χ0v) is 10.0. The van der Waals surface area contributed by atoms with Crippen LogP contribution in [0.25, 0.3) is 0 Å². The number of fused-ring (bicyclic) bond motifs is 1. The molecule has 1 atom stereocenters. The quantitative estimate of drug-likeness (QED) is 0.816. The van der Waals surface area contributed by atoms with Crippen LogP contribution in [0, 0.1) is 11.2 Å². The molecule has 0 spiro atoms. The highest BCUT2D eigenvalue weighted by Crippen LogP contribution is 2.37. The molecule has 0 saturated heterocycles. The topological polar surface area (TPSA) is 45.4 Å². The van der Waals surface area contributed by atoms with Gasteiger partial charge in [0.1, 0.15) is 23.0 Å². The molecule has 1 N–H and O–H groups in total. The van der Waals surface area contributed by atoms with Gasteiger partial charge in [0.2, 0.25) is 0 Å². The van der Waals surface area contributed by atoms with Crippen LogP contribution in [-0.4, -0.2) is 11.9 Å². The van der Waals surface area contributed by atoms with Crippen LogP contribution in [-0.2, 0) is 0 Å². The van der Waals surface area contributed by atoms with Gasteiger partial charge in [-0.1, -0.05) is 30.3 Å². The highest BCUT2D eigenvalue weighted by atomic mass is 19.1. The molecule has 1 unspecified atom stereocenters. The average Bonchev–Trinajstić information content (AvgIpc) is 2.46. The summed E-state index contributed by atoms with van der Waals surface area (Å²) in [5.74, 6) is 0.162. The summed E-state index contributed by atoms with van der Waals surface area (Å²) in [7, 11) is 0. The summed E-state index contributed by atoms with van der Waals surface area (Å²) in [6.45, 7) is 0. The molecular formula is C15H11FN2O. The fourth-order valence-electron chi connectivity index (χ4n) is 2.04. The molecule has 3 nitrogen and oxygen atoms in total. The minimum absolute atomic E-state index is 0.367. The molecule has 0 bridgehead atoms. The highest BCUT2D eigenvalue weighted by molar-refractivity contribution is 6.32. The van der Waals surface area contributed by atoms with Crippen LogP contribution >= 0.6 is 0 Å². The Labute approximate surface area is 109 Å². The molecule has 0 fully saturated rings. The Hall–Kier alpha value is -2.49. The van der Waals surface area contributed by atoms with Crippen molar-refractivity contribution in [2.45, 2.75) is 6.10 Å². The van der Waals surface area contributed by atoms with Gasteiger partial charge in [-0.15, -0.1) is 0 Å². The van der Waals surface area contributed by atoms with Crippen molar-refractivity contribution in [1.82, 2.24) is 0 Å². The van der Waals surface area contributed by atoms with Crippen molar-refractivity contribution in [1.29, 1.82) is 5.41 Å². The number of nitrogens with zero attached hydrogens (tertiary/aromatic N) is 1. The Morgan fingerprint density at radius 2 is 1.95 bits per heavy atom. The van der Waals surface area contributed by atoms with Crippen LogP contribution in [0.4, 0.5) is 10.1 Å². The third kappa shape index (κ3) is 2.12. The van der Waals surface area contributed by atoms with Gasteiger partial charge in [0.15, 0.2) is 6.10 Å². The lowest BCUT2D eigenvalue weighted by Crippen LogP contribution is -2.22. The maximum absolute atomic E-state index is 13.2. The first kappa shape index (κ1) is 11.6. The summed E-state index contributed by atoms with van der Waals surface area (Å²) >= 11 is 0. The van der Waals surface area contributed by atoms with E-state index in [0.29, 0.717) is 17.1 Å². The van der Waals surface area contributed by atoms with Crippen LogP contribution in [0.15, 0.2) is 53.5 Å². The van der Waals surface area contributed by atoms with Gasteiger partial charge < -0.3 is 10.1 Å². The summed E-state index contributed by atoms with van der Waals surface area (Å²) in [5, 5.41) is 7.44. The molecule has 2 aromatic carbocycles. The second kappa shape index (κ2) is 4.65. The molecule has 0 saturated carbocycles. The van der Waals surface area contributed by atoms with Gasteiger partial charge in [0.25, 0.3) is 0 Å². The summed E-state index contributed by atoms with van der Waals surface area (Å²) in [6.07, 6.45) is 0.725. The first-order valence-electron chi connectivity index (χ1n) is 5.88. The molecule has 0 amide bonds. The van der Waals surface area contributed by atoms with Gasteiger partial charge in [-0.05, 0) is 17.7 Å². The molecule has 3 rings (SSSR count). The van der Waals surface area contributed by atoms with E-state index >= 15 is 0 Å². The summed E-state index contributed by atoms with van der Waals surface area (Å²) in [5.41, 5.74) is 1.80. The van der Waals surface area contributed by atoms with E-state index in [1.54, 1.807) is 6.07 Å². The number of hydrogen-bond donors (Lipinski definition) is 1. The van der Waals surface area contributed by atoms with Crippen molar-refractivity contribution in [2.24, 2.45) is 4.99 Å². The lowest BCUT2D eigenvalue weighted by atomic mass is 10.0. The predicted octanol–water partition coefficient (Wildman–Crippen LogP) is 3.68. The van der Waals surface area contributed by atoms with E-state index in [-0.39, 0.29) is 5.82 Å². The van der Waals surface area contributed by atoms with Crippen molar-refractivity contribution in [3.8, 4) is 5.75 Å². The number of halogens is 1. The third-order valence-electron chi connectivity index (χ3n) is 2.93. The van der Waals surface area contributed by atoms with Gasteiger partial charge in [-0.25, -0.2) is 9.38 Å². The molecule has 2 aromatic rings. The molecule has 1 heterocycles. The van der Waals surface area contributed by atoms with Crippen LogP contribution < -0.4 is 4.74 Å². The zero-order chi connectivity index (χ0) is 13.2. The van der Waals surface area contributed by atoms with Gasteiger partial charge in [-0.3, -0.25) is 0 Å². The first-order chi connectivity index (χ1) is 9.28. The molecule has 0 aromatic heterocycles. The number of aliphatic imine (C=N–C) groups is 1. The van der Waals surface area contributed by atoms with E-state index in [2.05, 4.69) is 4.99 Å². The van der Waals surface area contributed by atoms with Crippen molar-refractivity contribution < 1.29 is 9.13 Å². The van der Waals surface area contributed by atoms with Crippen LogP contribution in [0.5, 0.6) is 5.75 Å². The maximum Gasteiger partial charge on any atom is 0.167 e. The third-order valence-corrected chi connectivity index (χ3v) is 2.93. The largest absolute Gasteiger partial charge is 0.477 e. The van der Waals surface area contributed by atoms with Gasteiger partial charge >= 0.3 is 0 Å². The summed E-state index contributed by atoms with van der Waals surface area (Å²) < 4.78 is 19.0. The molecule has 0 radical (unpaired) electrons. The molecule has 1 aliphatic rings. The normalized spacial score (nSPS) is 17.1. The Kier molecular flexibility index (Phi) is 2.83. The minimum atomic E-state index is -0.420. The molecule has 0 aliphatic carbocycles. The molecule has 19 heavy (non-hydrogen) atoms. The summed E-state index contributed by atoms with van der Waals surface area (Å²) in [6, 6.07) is 13.8. The number of benzene rings is 2. The van der Waals surface area contributed by atoms with Crippen molar-refractivity contribution >= 4 is 17.6 Å². The standard InChI is InChI=1S/C15H11FN2O/c16-11-6-7-14-12(8-11)18-13(9-17)15(19-14)10-4-2-1-3-5-10/h1-9,15,17H. The summed E-state index contributed by atoms with van der Waals surface area (Å²) in [4.78, 5) is 4.29. The fourth-order valence-corrected chi connectivity index (χ4v) is 2.04. The Morgan fingerprint density at radius 3 is 2.68 bits per heavy atom. The molecule has 1 aliphatic heterocycles. The lowest BCUT2D eigenvalue weighted by molar-refractivity contribution is 0.271. The lowest BCUT2D eigenvalue weighted by Gasteiger charge is -2.24. The van der Waals surface area contributed by atoms with Gasteiger partial charge in [-0.2, -0.15) is 0 Å². The van der Waals surface area contributed by atoms with E-state index in [9.17, 15) is 4.39 Å². The van der Waals surface area contributed by atoms with E-state index in [4.69, 9.17) is 10.1 Å². The van der Waals surface area contributed by atoms with E-state index in [1.165, 1.54) is 12.1 Å². The fraction of sp³-hybridized carbons (Fsp3) is 0.0667.